The number of carbonyl (C=O) groups excluding carboxylic acids is 1. The van der Waals surface area contributed by atoms with Gasteiger partial charge in [0.1, 0.15) is 0 Å². The maximum atomic E-state index is 12.3. The molecule has 0 unspecified atom stereocenters. The fourth-order valence-electron chi connectivity index (χ4n) is 2.79. The highest BCUT2D eigenvalue weighted by Crippen LogP contribution is 2.29. The van der Waals surface area contributed by atoms with Gasteiger partial charge in [-0.25, -0.2) is 0 Å². The fourth-order valence-corrected chi connectivity index (χ4v) is 2.79. The van der Waals surface area contributed by atoms with Crippen molar-refractivity contribution in [2.75, 3.05) is 11.4 Å². The van der Waals surface area contributed by atoms with Gasteiger partial charge in [-0.1, -0.05) is 26.0 Å². The Hall–Kier alpha value is -1.84. The van der Waals surface area contributed by atoms with Crippen LogP contribution >= 0.6 is 0 Å². The Kier molecular flexibility index (Phi) is 4.99. The molecule has 21 heavy (non-hydrogen) atoms. The number of aliphatic carboxylic acids is 1. The van der Waals surface area contributed by atoms with E-state index in [1.807, 2.05) is 30.9 Å². The largest absolute Gasteiger partial charge is 0.481 e. The van der Waals surface area contributed by atoms with Gasteiger partial charge in [0.15, 0.2) is 0 Å². The van der Waals surface area contributed by atoms with E-state index in [4.69, 9.17) is 5.11 Å². The molecular weight excluding hydrogens is 266 g/mol. The zero-order valence-corrected chi connectivity index (χ0v) is 12.8. The van der Waals surface area contributed by atoms with Gasteiger partial charge < -0.3 is 10.0 Å². The maximum Gasteiger partial charge on any atom is 0.303 e. The predicted octanol–water partition coefficient (Wildman–Crippen LogP) is 3.03. The summed E-state index contributed by atoms with van der Waals surface area (Å²) < 4.78 is 0. The van der Waals surface area contributed by atoms with Crippen molar-refractivity contribution in [3.63, 3.8) is 0 Å². The molecule has 0 saturated heterocycles. The van der Waals surface area contributed by atoms with Gasteiger partial charge in [0, 0.05) is 24.6 Å². The smallest absolute Gasteiger partial charge is 0.303 e. The molecule has 0 aliphatic carbocycles. The first-order chi connectivity index (χ1) is 9.99. The highest BCUT2D eigenvalue weighted by Gasteiger charge is 2.24. The molecule has 0 bridgehead atoms. The van der Waals surface area contributed by atoms with Gasteiger partial charge >= 0.3 is 5.97 Å². The van der Waals surface area contributed by atoms with Crippen molar-refractivity contribution in [2.45, 2.75) is 46.0 Å². The maximum absolute atomic E-state index is 12.3. The second-order valence-corrected chi connectivity index (χ2v) is 5.96. The van der Waals surface area contributed by atoms with Gasteiger partial charge in [0.2, 0.25) is 5.91 Å². The minimum atomic E-state index is -0.748. The molecule has 4 heteroatoms. The Balaban J connectivity index is 2.12. The minimum absolute atomic E-state index is 0.00573. The number of carboxylic acid groups (broad SMARTS) is 1. The van der Waals surface area contributed by atoms with Crippen LogP contribution in [-0.2, 0) is 22.4 Å². The lowest BCUT2D eigenvalue weighted by Crippen LogP contribution is -2.38. The van der Waals surface area contributed by atoms with E-state index in [-0.39, 0.29) is 18.2 Å². The Morgan fingerprint density at radius 1 is 1.33 bits per heavy atom. The number of hydrogen-bond acceptors (Lipinski definition) is 2. The molecule has 0 spiro atoms. The van der Waals surface area contributed by atoms with Crippen molar-refractivity contribution in [1.29, 1.82) is 0 Å². The molecule has 1 heterocycles. The third-order valence-corrected chi connectivity index (χ3v) is 3.88. The Morgan fingerprint density at radius 3 is 2.76 bits per heavy atom. The first kappa shape index (κ1) is 15.5. The summed E-state index contributed by atoms with van der Waals surface area (Å²) in [6.07, 6.45) is 3.61. The van der Waals surface area contributed by atoms with Crippen LogP contribution in [0.3, 0.4) is 0 Å². The van der Waals surface area contributed by atoms with E-state index in [0.29, 0.717) is 6.42 Å². The lowest BCUT2D eigenvalue weighted by Gasteiger charge is -2.31. The average Bonchev–Trinajstić information content (AvgIpc) is 2.45. The molecule has 0 aromatic heterocycles. The van der Waals surface area contributed by atoms with Crippen LogP contribution in [0.25, 0.3) is 0 Å². The average molecular weight is 289 g/mol. The molecule has 4 nitrogen and oxygen atoms in total. The Labute approximate surface area is 125 Å². The number of aryl methyl sites for hydroxylation is 2. The van der Waals surface area contributed by atoms with E-state index < -0.39 is 5.97 Å². The van der Waals surface area contributed by atoms with Gasteiger partial charge in [-0.15, -0.1) is 0 Å². The summed E-state index contributed by atoms with van der Waals surface area (Å²) in [6, 6.07) is 6.18. The summed E-state index contributed by atoms with van der Waals surface area (Å²) in [5, 5.41) is 8.69. The van der Waals surface area contributed by atoms with Crippen LogP contribution in [0.4, 0.5) is 5.69 Å². The van der Waals surface area contributed by atoms with E-state index in [1.54, 1.807) is 0 Å². The first-order valence-corrected chi connectivity index (χ1v) is 7.64. The van der Waals surface area contributed by atoms with Crippen molar-refractivity contribution in [2.24, 2.45) is 5.92 Å². The third-order valence-electron chi connectivity index (χ3n) is 3.88. The van der Waals surface area contributed by atoms with Gasteiger partial charge in [-0.05, 0) is 42.9 Å². The fraction of sp³-hybridized carbons (Fsp3) is 0.529. The van der Waals surface area contributed by atoms with Crippen LogP contribution in [0.2, 0.25) is 0 Å². The highest BCUT2D eigenvalue weighted by atomic mass is 16.4. The second-order valence-electron chi connectivity index (χ2n) is 5.96. The molecule has 1 aliphatic heterocycles. The number of rotatable bonds is 5. The van der Waals surface area contributed by atoms with Crippen LogP contribution < -0.4 is 4.90 Å². The van der Waals surface area contributed by atoms with Crippen LogP contribution in [0.5, 0.6) is 0 Å². The molecule has 1 N–H and O–H groups in total. The number of amides is 1. The van der Waals surface area contributed by atoms with Crippen LogP contribution in [0, 0.1) is 5.92 Å². The Bertz CT molecular complexity index is 537. The van der Waals surface area contributed by atoms with Gasteiger partial charge in [0.25, 0.3) is 0 Å². The second kappa shape index (κ2) is 6.74. The van der Waals surface area contributed by atoms with Crippen molar-refractivity contribution in [3.8, 4) is 0 Å². The van der Waals surface area contributed by atoms with Crippen LogP contribution in [0.1, 0.15) is 44.2 Å². The topological polar surface area (TPSA) is 57.6 Å². The van der Waals surface area contributed by atoms with Gasteiger partial charge in [0.05, 0.1) is 0 Å². The third kappa shape index (κ3) is 3.84. The van der Waals surface area contributed by atoms with Crippen LogP contribution in [-0.4, -0.2) is 23.5 Å². The van der Waals surface area contributed by atoms with Crippen molar-refractivity contribution >= 4 is 17.6 Å². The van der Waals surface area contributed by atoms with Gasteiger partial charge in [-0.3, -0.25) is 9.59 Å². The molecule has 0 atom stereocenters. The zero-order chi connectivity index (χ0) is 15.4. The summed E-state index contributed by atoms with van der Waals surface area (Å²) in [5.41, 5.74) is 3.40. The zero-order valence-electron chi connectivity index (χ0n) is 12.8. The Morgan fingerprint density at radius 2 is 2.10 bits per heavy atom. The normalized spacial score (nSPS) is 14.1. The molecule has 1 aromatic carbocycles. The lowest BCUT2D eigenvalue weighted by molar-refractivity contribution is -0.137. The number of carbonyl (C=O) groups is 2. The molecule has 1 aromatic rings. The number of benzene rings is 1. The quantitative estimate of drug-likeness (QED) is 0.906. The molecule has 0 fully saturated rings. The highest BCUT2D eigenvalue weighted by molar-refractivity contribution is 5.95. The molecule has 0 radical (unpaired) electrons. The van der Waals surface area contributed by atoms with E-state index in [2.05, 4.69) is 6.07 Å². The molecule has 1 amide bonds. The summed E-state index contributed by atoms with van der Waals surface area (Å²) in [4.78, 5) is 24.7. The lowest BCUT2D eigenvalue weighted by atomic mass is 9.96. The summed E-state index contributed by atoms with van der Waals surface area (Å²) in [6.45, 7) is 4.65. The van der Waals surface area contributed by atoms with E-state index in [1.165, 1.54) is 5.56 Å². The monoisotopic (exact) mass is 289 g/mol. The number of anilines is 1. The summed E-state index contributed by atoms with van der Waals surface area (Å²) >= 11 is 0. The van der Waals surface area contributed by atoms with E-state index in [0.717, 1.165) is 37.1 Å². The van der Waals surface area contributed by atoms with Crippen molar-refractivity contribution < 1.29 is 14.7 Å². The van der Waals surface area contributed by atoms with E-state index >= 15 is 0 Å². The predicted molar refractivity (Wildman–Crippen MR) is 82.5 cm³/mol. The number of carboxylic acids is 1. The molecule has 1 aliphatic rings. The molecule has 2 rings (SSSR count). The minimum Gasteiger partial charge on any atom is -0.481 e. The summed E-state index contributed by atoms with van der Waals surface area (Å²) in [5.74, 6) is -0.567. The molecule has 0 saturated carbocycles. The molecule has 114 valence electrons. The van der Waals surface area contributed by atoms with Gasteiger partial charge in [-0.2, -0.15) is 0 Å². The van der Waals surface area contributed by atoms with E-state index in [9.17, 15) is 9.59 Å². The standard InChI is InChI=1S/C17H23NO3/c1-12(2)17(21)18-10-4-6-14-11-13(8-9-15(14)18)5-3-7-16(19)20/h8-9,11-12H,3-7,10H2,1-2H3,(H,19,20). The van der Waals surface area contributed by atoms with Crippen molar-refractivity contribution in [3.05, 3.63) is 29.3 Å². The summed E-state index contributed by atoms with van der Waals surface area (Å²) in [7, 11) is 0. The molecular formula is C17H23NO3. The number of hydrogen-bond donors (Lipinski definition) is 1. The van der Waals surface area contributed by atoms with Crippen molar-refractivity contribution in [1.82, 2.24) is 0 Å². The SMILES string of the molecule is CC(C)C(=O)N1CCCc2cc(CCCC(=O)O)ccc21. The number of fused-ring (bicyclic) bond motifs is 1. The number of nitrogens with zero attached hydrogens (tertiary/aromatic N) is 1. The van der Waals surface area contributed by atoms with Crippen LogP contribution in [0.15, 0.2) is 18.2 Å². The first-order valence-electron chi connectivity index (χ1n) is 7.64.